The summed E-state index contributed by atoms with van der Waals surface area (Å²) in [5.41, 5.74) is 1.37. The third-order valence-electron chi connectivity index (χ3n) is 6.88. The van der Waals surface area contributed by atoms with E-state index in [4.69, 9.17) is 11.6 Å². The lowest BCUT2D eigenvalue weighted by Crippen LogP contribution is -2.53. The zero-order chi connectivity index (χ0) is 25.3. The van der Waals surface area contributed by atoms with E-state index < -0.39 is 23.4 Å². The summed E-state index contributed by atoms with van der Waals surface area (Å²) in [6.45, 7) is 8.54. The maximum Gasteiger partial charge on any atom is 0.328 e. The molecule has 3 aromatic rings. The van der Waals surface area contributed by atoms with Crippen LogP contribution in [0.25, 0.3) is 10.9 Å². The molecule has 3 amide bonds. The molecule has 9 heteroatoms. The number of hydrogen-bond donors (Lipinski definition) is 3. The molecule has 0 radical (unpaired) electrons. The molecule has 1 fully saturated rings. The molecule has 184 valence electrons. The number of amides is 3. The topological polar surface area (TPSA) is 88.7 Å². The third kappa shape index (κ3) is 3.76. The molecule has 2 aromatic carbocycles. The number of rotatable bonds is 4. The van der Waals surface area contributed by atoms with Crippen molar-refractivity contribution in [3.63, 3.8) is 0 Å². The van der Waals surface area contributed by atoms with Crippen LogP contribution < -0.4 is 5.32 Å². The van der Waals surface area contributed by atoms with Gasteiger partial charge in [-0.3, -0.25) is 14.6 Å². The average Bonchev–Trinajstić information content (AvgIpc) is 3.19. The van der Waals surface area contributed by atoms with E-state index in [0.717, 1.165) is 5.56 Å². The van der Waals surface area contributed by atoms with Crippen LogP contribution in [0.3, 0.4) is 0 Å². The van der Waals surface area contributed by atoms with Crippen molar-refractivity contribution in [2.24, 2.45) is 0 Å². The number of nitrogens with one attached hydrogen (secondary N) is 2. The first kappa shape index (κ1) is 23.6. The number of phenols is 1. The molecule has 2 atom stereocenters. The maximum atomic E-state index is 14.3. The number of aromatic nitrogens is 1. The van der Waals surface area contributed by atoms with Crippen LogP contribution in [0.15, 0.2) is 36.4 Å². The van der Waals surface area contributed by atoms with Gasteiger partial charge in [-0.1, -0.05) is 23.7 Å². The van der Waals surface area contributed by atoms with Gasteiger partial charge in [-0.15, -0.1) is 0 Å². The van der Waals surface area contributed by atoms with Crippen molar-refractivity contribution >= 4 is 34.4 Å². The molecule has 2 aliphatic rings. The number of aromatic hydroxyl groups is 1. The number of benzene rings is 2. The second-order valence-corrected chi connectivity index (χ2v) is 11.0. The van der Waals surface area contributed by atoms with Gasteiger partial charge in [0.15, 0.2) is 0 Å². The van der Waals surface area contributed by atoms with Crippen LogP contribution in [0, 0.1) is 5.82 Å². The smallest absolute Gasteiger partial charge is 0.328 e. The Balaban J connectivity index is 1.65. The van der Waals surface area contributed by atoms with E-state index in [2.05, 4.69) is 10.3 Å². The molecular weight excluding hydrogens is 471 g/mol. The summed E-state index contributed by atoms with van der Waals surface area (Å²) in [4.78, 5) is 33.7. The molecule has 0 unspecified atom stereocenters. The second-order valence-electron chi connectivity index (χ2n) is 10.6. The van der Waals surface area contributed by atoms with Gasteiger partial charge in [0, 0.05) is 41.6 Å². The van der Waals surface area contributed by atoms with Crippen LogP contribution in [-0.4, -0.2) is 56.0 Å². The van der Waals surface area contributed by atoms with Crippen molar-refractivity contribution in [1.82, 2.24) is 20.1 Å². The Bertz CT molecular complexity index is 1360. The monoisotopic (exact) mass is 498 g/mol. The highest BCUT2D eigenvalue weighted by atomic mass is 35.5. The number of urea groups is 1. The largest absolute Gasteiger partial charge is 0.508 e. The summed E-state index contributed by atoms with van der Waals surface area (Å²) in [5, 5.41) is 14.2. The minimum atomic E-state index is -1.15. The molecular formula is C26H28ClFN4O3. The Morgan fingerprint density at radius 3 is 2.69 bits per heavy atom. The Hall–Kier alpha value is -3.10. The fraction of sp³-hybridized carbons (Fsp3) is 0.385. The average molecular weight is 499 g/mol. The summed E-state index contributed by atoms with van der Waals surface area (Å²) in [6.07, 6.45) is 0.257. The van der Waals surface area contributed by atoms with Gasteiger partial charge in [0.25, 0.3) is 5.91 Å². The minimum Gasteiger partial charge on any atom is -0.508 e. The molecule has 2 aliphatic heterocycles. The number of carbonyl (C=O) groups excluding carboxylic acids is 2. The van der Waals surface area contributed by atoms with Crippen molar-refractivity contribution in [2.45, 2.75) is 51.2 Å². The summed E-state index contributed by atoms with van der Waals surface area (Å²) < 4.78 is 14.3. The number of hydrogen-bond acceptors (Lipinski definition) is 4. The molecule has 7 nitrogen and oxygen atoms in total. The van der Waals surface area contributed by atoms with E-state index in [-0.39, 0.29) is 35.2 Å². The highest BCUT2D eigenvalue weighted by molar-refractivity contribution is 6.31. The van der Waals surface area contributed by atoms with E-state index in [1.54, 1.807) is 42.2 Å². The fourth-order valence-electron chi connectivity index (χ4n) is 5.29. The van der Waals surface area contributed by atoms with E-state index >= 15 is 0 Å². The van der Waals surface area contributed by atoms with Crippen molar-refractivity contribution in [1.29, 1.82) is 0 Å². The lowest BCUT2D eigenvalue weighted by Gasteiger charge is -2.42. The molecule has 1 aromatic heterocycles. The van der Waals surface area contributed by atoms with Gasteiger partial charge in [0.1, 0.15) is 23.1 Å². The molecule has 0 saturated carbocycles. The van der Waals surface area contributed by atoms with Crippen LogP contribution >= 0.6 is 11.6 Å². The second kappa shape index (κ2) is 7.96. The summed E-state index contributed by atoms with van der Waals surface area (Å²) in [5.74, 6) is -0.787. The zero-order valence-electron chi connectivity index (χ0n) is 20.1. The third-order valence-corrected chi connectivity index (χ3v) is 7.17. The standard InChI is InChI=1S/C26H28ClFN4O3/c1-25(2,3)29-8-9-31-23(34)26(4)13-17-16-11-18(27)19(28)12-20(16)30-21(17)22(32(26)24(31)35)14-6-5-7-15(33)10-14/h5-7,10-12,22,29-30,33H,8-9,13H2,1-4H3/t22-,26+/m1/s1. The van der Waals surface area contributed by atoms with Crippen molar-refractivity contribution in [3.8, 4) is 5.75 Å². The first-order valence-corrected chi connectivity index (χ1v) is 12.0. The molecule has 0 bridgehead atoms. The summed E-state index contributed by atoms with van der Waals surface area (Å²) in [7, 11) is 0. The van der Waals surface area contributed by atoms with Gasteiger partial charge in [0.2, 0.25) is 0 Å². The Labute approximate surface area is 207 Å². The lowest BCUT2D eigenvalue weighted by atomic mass is 9.81. The van der Waals surface area contributed by atoms with E-state index in [1.807, 2.05) is 20.8 Å². The SMILES string of the molecule is CC(C)(C)NCCN1C(=O)N2[C@H](c3cccc(O)c3)c3[nH]c4cc(F)c(Cl)cc4c3C[C@@]2(C)C1=O. The van der Waals surface area contributed by atoms with E-state index in [9.17, 15) is 19.1 Å². The lowest BCUT2D eigenvalue weighted by molar-refractivity contribution is -0.133. The Kier molecular flexibility index (Phi) is 5.38. The van der Waals surface area contributed by atoms with Gasteiger partial charge in [-0.2, -0.15) is 0 Å². The highest BCUT2D eigenvalue weighted by Crippen LogP contribution is 2.49. The number of halogens is 2. The van der Waals surface area contributed by atoms with E-state index in [0.29, 0.717) is 28.7 Å². The van der Waals surface area contributed by atoms with Gasteiger partial charge in [0.05, 0.1) is 5.02 Å². The molecule has 3 N–H and O–H groups in total. The number of H-pyrrole nitrogens is 1. The maximum absolute atomic E-state index is 14.3. The van der Waals surface area contributed by atoms with E-state index in [1.165, 1.54) is 11.0 Å². The fourth-order valence-corrected chi connectivity index (χ4v) is 5.45. The van der Waals surface area contributed by atoms with Crippen molar-refractivity contribution in [2.75, 3.05) is 13.1 Å². The van der Waals surface area contributed by atoms with Crippen LogP contribution in [0.2, 0.25) is 5.02 Å². The number of imide groups is 1. The van der Waals surface area contributed by atoms with Crippen LogP contribution in [0.1, 0.15) is 50.6 Å². The molecule has 5 rings (SSSR count). The van der Waals surface area contributed by atoms with Crippen molar-refractivity contribution < 1.29 is 19.1 Å². The van der Waals surface area contributed by atoms with Gasteiger partial charge in [-0.25, -0.2) is 9.18 Å². The molecule has 1 saturated heterocycles. The normalized spacial score (nSPS) is 22.2. The molecule has 0 aliphatic carbocycles. The number of aromatic amines is 1. The molecule has 0 spiro atoms. The van der Waals surface area contributed by atoms with Crippen molar-refractivity contribution in [3.05, 3.63) is 64.1 Å². The summed E-state index contributed by atoms with van der Waals surface area (Å²) in [6, 6.07) is 8.46. The zero-order valence-corrected chi connectivity index (χ0v) is 20.8. The van der Waals surface area contributed by atoms with Gasteiger partial charge >= 0.3 is 6.03 Å². The predicted molar refractivity (Wildman–Crippen MR) is 132 cm³/mol. The Morgan fingerprint density at radius 2 is 2.00 bits per heavy atom. The first-order valence-electron chi connectivity index (χ1n) is 11.6. The molecule has 3 heterocycles. The first-order chi connectivity index (χ1) is 16.4. The number of carbonyl (C=O) groups is 2. The minimum absolute atomic E-state index is 0.00973. The van der Waals surface area contributed by atoms with Crippen LogP contribution in [0.4, 0.5) is 9.18 Å². The highest BCUT2D eigenvalue weighted by Gasteiger charge is 2.60. The number of phenolic OH excluding ortho intramolecular Hbond substituents is 1. The van der Waals surface area contributed by atoms with Crippen LogP contribution in [0.5, 0.6) is 5.75 Å². The Morgan fingerprint density at radius 1 is 1.26 bits per heavy atom. The summed E-state index contributed by atoms with van der Waals surface area (Å²) >= 11 is 6.11. The quantitative estimate of drug-likeness (QED) is 0.454. The van der Waals surface area contributed by atoms with Gasteiger partial charge in [-0.05, 0) is 63.1 Å². The van der Waals surface area contributed by atoms with Gasteiger partial charge < -0.3 is 15.4 Å². The molecule has 35 heavy (non-hydrogen) atoms. The number of fused-ring (bicyclic) bond motifs is 4. The predicted octanol–water partition coefficient (Wildman–Crippen LogP) is 4.72. The van der Waals surface area contributed by atoms with Crippen LogP contribution in [-0.2, 0) is 11.2 Å². The number of nitrogens with zero attached hydrogens (tertiary/aromatic N) is 2.